The number of hydrogen-bond donors (Lipinski definition) is 2. The molecule has 0 fully saturated rings. The van der Waals surface area contributed by atoms with Crippen molar-refractivity contribution in [3.05, 3.63) is 48.0 Å². The maximum absolute atomic E-state index is 12.4. The van der Waals surface area contributed by atoms with Gasteiger partial charge in [-0.3, -0.25) is 9.59 Å². The average Bonchev–Trinajstić information content (AvgIpc) is 2.63. The molecule has 0 aliphatic carbocycles. The molecule has 2 aromatic carbocycles. The SMILES string of the molecule is CC(=O)SCCN(CCc1ccc2ccccc2c1)C(=O)N[C@@H](C)C(=O)O. The molecule has 2 amide bonds. The standard InChI is InChI=1S/C20H24N2O4S/c1-14(19(24)25)21-20(26)22(11-12-27-15(2)23)10-9-16-7-8-17-5-3-4-6-18(17)13-16/h3-8,13-14H,9-12H2,1-2H3,(H,21,26)(H,24,25)/t14-/m0/s1. The summed E-state index contributed by atoms with van der Waals surface area (Å²) in [5.74, 6) is -0.613. The molecule has 144 valence electrons. The van der Waals surface area contributed by atoms with E-state index in [-0.39, 0.29) is 5.12 Å². The first kappa shape index (κ1) is 20.8. The number of nitrogens with zero attached hydrogens (tertiary/aromatic N) is 1. The van der Waals surface area contributed by atoms with Crippen LogP contribution >= 0.6 is 11.8 Å². The Morgan fingerprint density at radius 2 is 1.81 bits per heavy atom. The van der Waals surface area contributed by atoms with Gasteiger partial charge >= 0.3 is 12.0 Å². The number of carboxylic acids is 1. The number of thioether (sulfide) groups is 1. The second-order valence-corrected chi connectivity index (χ2v) is 7.54. The van der Waals surface area contributed by atoms with E-state index in [1.807, 2.05) is 36.4 Å². The zero-order chi connectivity index (χ0) is 19.8. The normalized spacial score (nSPS) is 11.8. The molecule has 27 heavy (non-hydrogen) atoms. The highest BCUT2D eigenvalue weighted by atomic mass is 32.2. The van der Waals surface area contributed by atoms with Crippen molar-refractivity contribution in [3.8, 4) is 0 Å². The Hall–Kier alpha value is -2.54. The summed E-state index contributed by atoms with van der Waals surface area (Å²) >= 11 is 1.15. The van der Waals surface area contributed by atoms with Crippen molar-refractivity contribution in [1.82, 2.24) is 10.2 Å². The minimum Gasteiger partial charge on any atom is -0.480 e. The fourth-order valence-electron chi connectivity index (χ4n) is 2.61. The second kappa shape index (κ2) is 9.97. The van der Waals surface area contributed by atoms with E-state index in [0.29, 0.717) is 25.3 Å². The van der Waals surface area contributed by atoms with E-state index < -0.39 is 18.0 Å². The Morgan fingerprint density at radius 1 is 1.11 bits per heavy atom. The minimum atomic E-state index is -1.09. The molecule has 0 aliphatic heterocycles. The molecule has 2 aromatic rings. The van der Waals surface area contributed by atoms with Gasteiger partial charge in [-0.15, -0.1) is 0 Å². The maximum atomic E-state index is 12.4. The molecule has 0 aromatic heterocycles. The van der Waals surface area contributed by atoms with Crippen molar-refractivity contribution in [3.63, 3.8) is 0 Å². The van der Waals surface area contributed by atoms with Gasteiger partial charge in [-0.25, -0.2) is 4.79 Å². The van der Waals surface area contributed by atoms with Gasteiger partial charge in [0.2, 0.25) is 0 Å². The number of fused-ring (bicyclic) bond motifs is 1. The average molecular weight is 388 g/mol. The number of urea groups is 1. The lowest BCUT2D eigenvalue weighted by Crippen LogP contribution is -2.48. The van der Waals surface area contributed by atoms with Crippen LogP contribution in [-0.2, 0) is 16.0 Å². The molecule has 2 rings (SSSR count). The van der Waals surface area contributed by atoms with Crippen molar-refractivity contribution in [2.24, 2.45) is 0 Å². The fraction of sp³-hybridized carbons (Fsp3) is 0.350. The number of carbonyl (C=O) groups excluding carboxylic acids is 2. The summed E-state index contributed by atoms with van der Waals surface area (Å²) in [5, 5.41) is 13.7. The quantitative estimate of drug-likeness (QED) is 0.725. The van der Waals surface area contributed by atoms with Crippen LogP contribution in [0.3, 0.4) is 0 Å². The highest BCUT2D eigenvalue weighted by Gasteiger charge is 2.19. The molecule has 0 spiro atoms. The summed E-state index contributed by atoms with van der Waals surface area (Å²) in [7, 11) is 0. The van der Waals surface area contributed by atoms with E-state index >= 15 is 0 Å². The zero-order valence-corrected chi connectivity index (χ0v) is 16.3. The molecule has 2 N–H and O–H groups in total. The molecule has 6 nitrogen and oxygen atoms in total. The molecular weight excluding hydrogens is 364 g/mol. The summed E-state index contributed by atoms with van der Waals surface area (Å²) in [4.78, 5) is 36.1. The van der Waals surface area contributed by atoms with Crippen molar-refractivity contribution in [1.29, 1.82) is 0 Å². The van der Waals surface area contributed by atoms with E-state index in [0.717, 1.165) is 28.1 Å². The third-order valence-corrected chi connectivity index (χ3v) is 4.94. The van der Waals surface area contributed by atoms with Gasteiger partial charge in [-0.05, 0) is 29.7 Å². The number of carbonyl (C=O) groups is 3. The van der Waals surface area contributed by atoms with Crippen molar-refractivity contribution < 1.29 is 19.5 Å². The topological polar surface area (TPSA) is 86.7 Å². The van der Waals surface area contributed by atoms with Gasteiger partial charge in [0.1, 0.15) is 6.04 Å². The van der Waals surface area contributed by atoms with Gasteiger partial charge in [-0.1, -0.05) is 54.2 Å². The highest BCUT2D eigenvalue weighted by Crippen LogP contribution is 2.16. The lowest BCUT2D eigenvalue weighted by atomic mass is 10.1. The Labute approximate surface area is 162 Å². The van der Waals surface area contributed by atoms with Crippen LogP contribution in [0.15, 0.2) is 42.5 Å². The van der Waals surface area contributed by atoms with E-state index in [4.69, 9.17) is 5.11 Å². The van der Waals surface area contributed by atoms with Gasteiger partial charge in [0.05, 0.1) is 0 Å². The fourth-order valence-corrected chi connectivity index (χ4v) is 3.21. The monoisotopic (exact) mass is 388 g/mol. The van der Waals surface area contributed by atoms with Crippen LogP contribution in [0.1, 0.15) is 19.4 Å². The number of amides is 2. The Bertz CT molecular complexity index is 824. The number of rotatable bonds is 8. The lowest BCUT2D eigenvalue weighted by molar-refractivity contribution is -0.138. The molecule has 0 bridgehead atoms. The summed E-state index contributed by atoms with van der Waals surface area (Å²) in [6.07, 6.45) is 0.643. The Kier molecular flexibility index (Phi) is 7.67. The van der Waals surface area contributed by atoms with Gasteiger partial charge in [0, 0.05) is 25.8 Å². The molecule has 0 radical (unpaired) electrons. The summed E-state index contributed by atoms with van der Waals surface area (Å²) in [6, 6.07) is 12.8. The van der Waals surface area contributed by atoms with Crippen LogP contribution in [0.25, 0.3) is 10.8 Å². The smallest absolute Gasteiger partial charge is 0.325 e. The molecular formula is C20H24N2O4S. The van der Waals surface area contributed by atoms with Crippen LogP contribution in [0.5, 0.6) is 0 Å². The molecule has 0 heterocycles. The predicted molar refractivity (Wildman–Crippen MR) is 108 cm³/mol. The first-order valence-corrected chi connectivity index (χ1v) is 9.74. The van der Waals surface area contributed by atoms with Crippen molar-refractivity contribution >= 4 is 39.7 Å². The minimum absolute atomic E-state index is 0.0104. The summed E-state index contributed by atoms with van der Waals surface area (Å²) in [5.41, 5.74) is 1.09. The van der Waals surface area contributed by atoms with Crippen LogP contribution in [-0.4, -0.2) is 52.0 Å². The summed E-state index contributed by atoms with van der Waals surface area (Å²) in [6.45, 7) is 3.72. The number of aliphatic carboxylic acids is 1. The van der Waals surface area contributed by atoms with Crippen LogP contribution in [0.2, 0.25) is 0 Å². The molecule has 0 aliphatic rings. The number of nitrogens with one attached hydrogen (secondary N) is 1. The third kappa shape index (κ3) is 6.60. The third-order valence-electron chi connectivity index (χ3n) is 4.15. The van der Waals surface area contributed by atoms with E-state index in [2.05, 4.69) is 11.4 Å². The Morgan fingerprint density at radius 3 is 2.48 bits per heavy atom. The van der Waals surface area contributed by atoms with Gasteiger partial charge in [-0.2, -0.15) is 0 Å². The number of benzene rings is 2. The first-order chi connectivity index (χ1) is 12.9. The number of hydrogen-bond acceptors (Lipinski definition) is 4. The largest absolute Gasteiger partial charge is 0.480 e. The molecule has 0 saturated heterocycles. The number of carboxylic acid groups (broad SMARTS) is 1. The molecule has 1 atom stereocenters. The van der Waals surface area contributed by atoms with Crippen molar-refractivity contribution in [2.45, 2.75) is 26.3 Å². The van der Waals surface area contributed by atoms with Gasteiger partial charge < -0.3 is 15.3 Å². The summed E-state index contributed by atoms with van der Waals surface area (Å²) < 4.78 is 0. The van der Waals surface area contributed by atoms with Gasteiger partial charge in [0.25, 0.3) is 0 Å². The maximum Gasteiger partial charge on any atom is 0.325 e. The molecule has 7 heteroatoms. The van der Waals surface area contributed by atoms with Crippen LogP contribution < -0.4 is 5.32 Å². The van der Waals surface area contributed by atoms with E-state index in [9.17, 15) is 14.4 Å². The van der Waals surface area contributed by atoms with Gasteiger partial charge in [0.15, 0.2) is 5.12 Å². The van der Waals surface area contributed by atoms with Crippen LogP contribution in [0.4, 0.5) is 4.79 Å². The second-order valence-electron chi connectivity index (χ2n) is 6.27. The van der Waals surface area contributed by atoms with Crippen LogP contribution in [0, 0.1) is 0 Å². The molecule has 0 unspecified atom stereocenters. The van der Waals surface area contributed by atoms with E-state index in [1.165, 1.54) is 13.8 Å². The first-order valence-electron chi connectivity index (χ1n) is 8.76. The lowest BCUT2D eigenvalue weighted by Gasteiger charge is -2.24. The molecule has 0 saturated carbocycles. The zero-order valence-electron chi connectivity index (χ0n) is 15.5. The highest BCUT2D eigenvalue weighted by molar-refractivity contribution is 8.13. The van der Waals surface area contributed by atoms with Crippen molar-refractivity contribution in [2.75, 3.05) is 18.8 Å². The van der Waals surface area contributed by atoms with E-state index in [1.54, 1.807) is 4.90 Å². The predicted octanol–water partition coefficient (Wildman–Crippen LogP) is 3.15. The Balaban J connectivity index is 2.03.